The van der Waals surface area contributed by atoms with Crippen LogP contribution in [-0.2, 0) is 0 Å². The first-order valence-electron chi connectivity index (χ1n) is 7.99. The van der Waals surface area contributed by atoms with Gasteiger partial charge in [-0.1, -0.05) is 20.8 Å². The number of hydrogen-bond acceptors (Lipinski definition) is 2. The zero-order chi connectivity index (χ0) is 13.0. The lowest BCUT2D eigenvalue weighted by Gasteiger charge is -2.27. The molecule has 0 aromatic rings. The number of nitrogens with zero attached hydrogens (tertiary/aromatic N) is 1. The molecule has 0 amide bonds. The van der Waals surface area contributed by atoms with Crippen molar-refractivity contribution in [2.24, 2.45) is 17.3 Å². The Morgan fingerprint density at radius 3 is 2.44 bits per heavy atom. The van der Waals surface area contributed by atoms with Crippen LogP contribution >= 0.6 is 0 Å². The third-order valence-corrected chi connectivity index (χ3v) is 5.04. The Kier molecular flexibility index (Phi) is 5.08. The molecule has 2 aliphatic rings. The summed E-state index contributed by atoms with van der Waals surface area (Å²) in [7, 11) is 0. The maximum Gasteiger partial charge on any atom is 0.00151 e. The number of likely N-dealkylation sites (tertiary alicyclic amines) is 1. The fourth-order valence-corrected chi connectivity index (χ4v) is 3.52. The first-order chi connectivity index (χ1) is 8.55. The molecule has 0 aliphatic carbocycles. The molecule has 1 N–H and O–H groups in total. The second-order valence-corrected chi connectivity index (χ2v) is 7.49. The second kappa shape index (κ2) is 6.38. The predicted octanol–water partition coefficient (Wildman–Crippen LogP) is 3.13. The second-order valence-electron chi connectivity index (χ2n) is 7.49. The molecule has 2 heteroatoms. The molecule has 2 heterocycles. The van der Waals surface area contributed by atoms with Crippen LogP contribution in [0.15, 0.2) is 0 Å². The van der Waals surface area contributed by atoms with Crippen molar-refractivity contribution in [2.45, 2.75) is 52.9 Å². The minimum absolute atomic E-state index is 0.504. The van der Waals surface area contributed by atoms with Gasteiger partial charge in [0.25, 0.3) is 0 Å². The maximum atomic E-state index is 3.46. The third-order valence-electron chi connectivity index (χ3n) is 5.04. The fraction of sp³-hybridized carbons (Fsp3) is 1.00. The summed E-state index contributed by atoms with van der Waals surface area (Å²) in [6.07, 6.45) is 7.10. The number of rotatable bonds is 4. The summed E-state index contributed by atoms with van der Waals surface area (Å²) in [4.78, 5) is 2.71. The van der Waals surface area contributed by atoms with Crippen LogP contribution in [-0.4, -0.2) is 37.6 Å². The summed E-state index contributed by atoms with van der Waals surface area (Å²) in [5.74, 6) is 1.92. The first kappa shape index (κ1) is 14.3. The van der Waals surface area contributed by atoms with Crippen molar-refractivity contribution >= 4 is 0 Å². The number of piperidine rings is 1. The van der Waals surface area contributed by atoms with Crippen molar-refractivity contribution in [3.63, 3.8) is 0 Å². The number of nitrogens with one attached hydrogen (secondary N) is 1. The Labute approximate surface area is 114 Å². The van der Waals surface area contributed by atoms with Gasteiger partial charge < -0.3 is 10.2 Å². The lowest BCUT2D eigenvalue weighted by atomic mass is 9.80. The van der Waals surface area contributed by atoms with Crippen LogP contribution in [0.25, 0.3) is 0 Å². The van der Waals surface area contributed by atoms with Gasteiger partial charge in [-0.15, -0.1) is 0 Å². The molecule has 2 fully saturated rings. The van der Waals surface area contributed by atoms with Crippen LogP contribution < -0.4 is 5.32 Å². The fourth-order valence-electron chi connectivity index (χ4n) is 3.52. The Bertz CT molecular complexity index is 238. The van der Waals surface area contributed by atoms with Crippen LogP contribution in [0.2, 0.25) is 0 Å². The summed E-state index contributed by atoms with van der Waals surface area (Å²) in [5, 5.41) is 3.46. The largest absolute Gasteiger partial charge is 0.317 e. The molecular formula is C16H32N2. The van der Waals surface area contributed by atoms with Crippen molar-refractivity contribution in [1.29, 1.82) is 0 Å². The molecule has 0 saturated carbocycles. The van der Waals surface area contributed by atoms with Gasteiger partial charge in [0.05, 0.1) is 0 Å². The summed E-state index contributed by atoms with van der Waals surface area (Å²) in [5.41, 5.74) is 0.504. The van der Waals surface area contributed by atoms with Crippen LogP contribution in [0.4, 0.5) is 0 Å². The van der Waals surface area contributed by atoms with E-state index in [1.54, 1.807) is 0 Å². The lowest BCUT2D eigenvalue weighted by molar-refractivity contribution is 0.224. The highest BCUT2D eigenvalue weighted by molar-refractivity contribution is 4.83. The predicted molar refractivity (Wildman–Crippen MR) is 78.8 cm³/mol. The van der Waals surface area contributed by atoms with E-state index in [2.05, 4.69) is 31.0 Å². The van der Waals surface area contributed by atoms with E-state index in [0.29, 0.717) is 5.41 Å². The van der Waals surface area contributed by atoms with Crippen molar-refractivity contribution in [1.82, 2.24) is 10.2 Å². The Balaban J connectivity index is 1.60. The summed E-state index contributed by atoms with van der Waals surface area (Å²) < 4.78 is 0. The normalized spacial score (nSPS) is 27.8. The zero-order valence-corrected chi connectivity index (χ0v) is 12.7. The lowest BCUT2D eigenvalue weighted by Crippen LogP contribution is -2.29. The SMILES string of the molecule is CC(C)(C)C1CCN(CCCC2CCNCC2)C1. The van der Waals surface area contributed by atoms with E-state index in [4.69, 9.17) is 0 Å². The monoisotopic (exact) mass is 252 g/mol. The van der Waals surface area contributed by atoms with Gasteiger partial charge in [-0.3, -0.25) is 0 Å². The molecule has 1 atom stereocenters. The van der Waals surface area contributed by atoms with Gasteiger partial charge in [0.1, 0.15) is 0 Å². The highest BCUT2D eigenvalue weighted by Crippen LogP contribution is 2.33. The molecule has 2 rings (SSSR count). The van der Waals surface area contributed by atoms with E-state index in [1.165, 1.54) is 64.8 Å². The van der Waals surface area contributed by atoms with Gasteiger partial charge in [0, 0.05) is 6.54 Å². The highest BCUT2D eigenvalue weighted by atomic mass is 15.1. The van der Waals surface area contributed by atoms with Gasteiger partial charge in [-0.05, 0) is 75.5 Å². The molecule has 1 unspecified atom stereocenters. The van der Waals surface area contributed by atoms with Crippen molar-refractivity contribution < 1.29 is 0 Å². The average molecular weight is 252 g/mol. The van der Waals surface area contributed by atoms with Crippen LogP contribution in [0.5, 0.6) is 0 Å². The zero-order valence-electron chi connectivity index (χ0n) is 12.7. The van der Waals surface area contributed by atoms with Crippen LogP contribution in [0.3, 0.4) is 0 Å². The van der Waals surface area contributed by atoms with E-state index in [1.807, 2.05) is 0 Å². The topological polar surface area (TPSA) is 15.3 Å². The van der Waals surface area contributed by atoms with E-state index in [0.717, 1.165) is 11.8 Å². The summed E-state index contributed by atoms with van der Waals surface area (Å²) in [6, 6.07) is 0. The van der Waals surface area contributed by atoms with E-state index >= 15 is 0 Å². The standard InChI is InChI=1S/C16H32N2/c1-16(2,3)15-8-12-18(13-15)11-4-5-14-6-9-17-10-7-14/h14-15,17H,4-13H2,1-3H3. The van der Waals surface area contributed by atoms with Crippen LogP contribution in [0, 0.1) is 17.3 Å². The first-order valence-corrected chi connectivity index (χ1v) is 7.99. The average Bonchev–Trinajstić information content (AvgIpc) is 2.79. The third kappa shape index (κ3) is 4.24. The molecule has 2 aliphatic heterocycles. The van der Waals surface area contributed by atoms with E-state index in [9.17, 15) is 0 Å². The minimum Gasteiger partial charge on any atom is -0.317 e. The van der Waals surface area contributed by atoms with Gasteiger partial charge >= 0.3 is 0 Å². The Morgan fingerprint density at radius 1 is 1.11 bits per heavy atom. The van der Waals surface area contributed by atoms with E-state index in [-0.39, 0.29) is 0 Å². The van der Waals surface area contributed by atoms with Gasteiger partial charge in [-0.2, -0.15) is 0 Å². The van der Waals surface area contributed by atoms with Crippen molar-refractivity contribution in [3.05, 3.63) is 0 Å². The molecule has 0 bridgehead atoms. The van der Waals surface area contributed by atoms with Crippen LogP contribution in [0.1, 0.15) is 52.9 Å². The van der Waals surface area contributed by atoms with Crippen molar-refractivity contribution in [3.8, 4) is 0 Å². The minimum atomic E-state index is 0.504. The quantitative estimate of drug-likeness (QED) is 0.827. The molecule has 2 saturated heterocycles. The highest BCUT2D eigenvalue weighted by Gasteiger charge is 2.31. The summed E-state index contributed by atoms with van der Waals surface area (Å²) >= 11 is 0. The molecule has 18 heavy (non-hydrogen) atoms. The molecule has 2 nitrogen and oxygen atoms in total. The summed E-state index contributed by atoms with van der Waals surface area (Å²) in [6.45, 7) is 13.7. The maximum absolute atomic E-state index is 3.46. The van der Waals surface area contributed by atoms with Crippen molar-refractivity contribution in [2.75, 3.05) is 32.7 Å². The van der Waals surface area contributed by atoms with Gasteiger partial charge in [0.2, 0.25) is 0 Å². The van der Waals surface area contributed by atoms with Gasteiger partial charge in [-0.25, -0.2) is 0 Å². The Hall–Kier alpha value is -0.0800. The molecule has 0 aromatic carbocycles. The molecule has 0 spiro atoms. The molecule has 106 valence electrons. The Morgan fingerprint density at radius 2 is 1.83 bits per heavy atom. The van der Waals surface area contributed by atoms with Gasteiger partial charge in [0.15, 0.2) is 0 Å². The smallest absolute Gasteiger partial charge is 0.00151 e. The van der Waals surface area contributed by atoms with E-state index < -0.39 is 0 Å². The molecule has 0 aromatic heterocycles. The molecule has 0 radical (unpaired) electrons. The molecular weight excluding hydrogens is 220 g/mol. The number of hydrogen-bond donors (Lipinski definition) is 1.